The van der Waals surface area contributed by atoms with Crippen LogP contribution in [0.25, 0.3) is 0 Å². The van der Waals surface area contributed by atoms with Gasteiger partial charge in [-0.15, -0.1) is 0 Å². The summed E-state index contributed by atoms with van der Waals surface area (Å²) in [6.07, 6.45) is 4.30. The molecule has 2 rings (SSSR count). The van der Waals surface area contributed by atoms with E-state index in [-0.39, 0.29) is 11.5 Å². The zero-order valence-electron chi connectivity index (χ0n) is 12.8. The van der Waals surface area contributed by atoms with E-state index in [1.807, 2.05) is 0 Å². The summed E-state index contributed by atoms with van der Waals surface area (Å²) in [4.78, 5) is 3.15. The maximum atomic E-state index is 6.13. The van der Waals surface area contributed by atoms with Crippen LogP contribution in [0.5, 0.6) is 0 Å². The van der Waals surface area contributed by atoms with E-state index in [1.54, 1.807) is 0 Å². The van der Waals surface area contributed by atoms with Crippen LogP contribution in [-0.4, -0.2) is 54.4 Å². The summed E-state index contributed by atoms with van der Waals surface area (Å²) in [6.45, 7) is 8.88. The van der Waals surface area contributed by atoms with Gasteiger partial charge < -0.3 is 15.2 Å². The molecular formula is C15H28N2O2S. The Morgan fingerprint density at radius 2 is 2.10 bits per heavy atom. The second kappa shape index (κ2) is 7.16. The third kappa shape index (κ3) is 3.91. The summed E-state index contributed by atoms with van der Waals surface area (Å²) in [5.74, 6) is 0.276. The van der Waals surface area contributed by atoms with Crippen molar-refractivity contribution in [3.63, 3.8) is 0 Å². The summed E-state index contributed by atoms with van der Waals surface area (Å²) in [6, 6.07) is 0.587. The lowest BCUT2D eigenvalue weighted by molar-refractivity contribution is -0.151. The van der Waals surface area contributed by atoms with E-state index in [2.05, 4.69) is 18.7 Å². The Kier molecular flexibility index (Phi) is 5.78. The van der Waals surface area contributed by atoms with Crippen LogP contribution in [0, 0.1) is 5.92 Å². The molecule has 2 aliphatic rings. The Bertz CT molecular complexity index is 326. The molecule has 5 heteroatoms. The third-order valence-corrected chi connectivity index (χ3v) is 5.19. The number of ether oxygens (including phenoxy) is 2. The first kappa shape index (κ1) is 16.1. The molecule has 1 spiro atoms. The molecule has 2 unspecified atom stereocenters. The Morgan fingerprint density at radius 1 is 1.40 bits per heavy atom. The number of thiocarbonyl (C=S) groups is 1. The van der Waals surface area contributed by atoms with Crippen molar-refractivity contribution >= 4 is 17.2 Å². The van der Waals surface area contributed by atoms with Crippen molar-refractivity contribution in [2.45, 2.75) is 51.2 Å². The molecule has 116 valence electrons. The highest BCUT2D eigenvalue weighted by molar-refractivity contribution is 7.80. The quantitative estimate of drug-likeness (QED) is 0.787. The fourth-order valence-corrected chi connectivity index (χ4v) is 3.46. The second-order valence-electron chi connectivity index (χ2n) is 6.18. The highest BCUT2D eigenvalue weighted by Gasteiger charge is 2.40. The summed E-state index contributed by atoms with van der Waals surface area (Å²) in [7, 11) is 0. The van der Waals surface area contributed by atoms with Crippen molar-refractivity contribution in [2.24, 2.45) is 11.7 Å². The van der Waals surface area contributed by atoms with Crippen LogP contribution < -0.4 is 5.73 Å². The molecule has 2 atom stereocenters. The molecule has 0 radical (unpaired) electrons. The lowest BCUT2D eigenvalue weighted by atomic mass is 9.83. The van der Waals surface area contributed by atoms with E-state index >= 15 is 0 Å². The molecule has 0 aromatic heterocycles. The van der Waals surface area contributed by atoms with Gasteiger partial charge in [-0.2, -0.15) is 0 Å². The van der Waals surface area contributed by atoms with Crippen LogP contribution in [0.15, 0.2) is 0 Å². The lowest BCUT2D eigenvalue weighted by Crippen LogP contribution is -2.52. The topological polar surface area (TPSA) is 47.7 Å². The van der Waals surface area contributed by atoms with Gasteiger partial charge in [0, 0.05) is 38.3 Å². The normalized spacial score (nSPS) is 27.6. The molecule has 20 heavy (non-hydrogen) atoms. The van der Waals surface area contributed by atoms with Crippen molar-refractivity contribution in [2.75, 3.05) is 32.9 Å². The van der Waals surface area contributed by atoms with Crippen LogP contribution in [0.3, 0.4) is 0 Å². The standard InChI is InChI=1S/C15H28N2O2S/c1-3-17(11-12(2)14(16)20)13-4-7-19-15(10-13)5-8-18-9-6-15/h12-13H,3-11H2,1-2H3,(H2,16,20). The van der Waals surface area contributed by atoms with E-state index in [4.69, 9.17) is 27.4 Å². The van der Waals surface area contributed by atoms with Gasteiger partial charge >= 0.3 is 0 Å². The van der Waals surface area contributed by atoms with E-state index in [0.29, 0.717) is 11.0 Å². The minimum atomic E-state index is 0.0566. The van der Waals surface area contributed by atoms with E-state index in [9.17, 15) is 0 Å². The van der Waals surface area contributed by atoms with Crippen LogP contribution in [0.4, 0.5) is 0 Å². The highest BCUT2D eigenvalue weighted by Crippen LogP contribution is 2.36. The second-order valence-corrected chi connectivity index (χ2v) is 6.65. The molecule has 4 nitrogen and oxygen atoms in total. The van der Waals surface area contributed by atoms with Gasteiger partial charge in [0.15, 0.2) is 0 Å². The predicted octanol–water partition coefficient (Wildman–Crippen LogP) is 1.96. The molecule has 2 aliphatic heterocycles. The van der Waals surface area contributed by atoms with Crippen LogP contribution in [-0.2, 0) is 9.47 Å². The maximum Gasteiger partial charge on any atom is 0.0768 e. The Hall–Kier alpha value is -0.230. The van der Waals surface area contributed by atoms with Crippen molar-refractivity contribution in [3.8, 4) is 0 Å². The molecule has 0 aromatic rings. The number of hydrogen-bond acceptors (Lipinski definition) is 4. The van der Waals surface area contributed by atoms with Crippen LogP contribution >= 0.6 is 12.2 Å². The molecule has 2 N–H and O–H groups in total. The number of rotatable bonds is 5. The monoisotopic (exact) mass is 300 g/mol. The van der Waals surface area contributed by atoms with Gasteiger partial charge in [-0.25, -0.2) is 0 Å². The number of nitrogens with two attached hydrogens (primary N) is 1. The Labute approximate surface area is 128 Å². The molecule has 0 bridgehead atoms. The van der Waals surface area contributed by atoms with Gasteiger partial charge in [0.2, 0.25) is 0 Å². The predicted molar refractivity (Wildman–Crippen MR) is 85.0 cm³/mol. The average molecular weight is 300 g/mol. The molecule has 0 aliphatic carbocycles. The van der Waals surface area contributed by atoms with Crippen LogP contribution in [0.1, 0.15) is 39.5 Å². The fraction of sp³-hybridized carbons (Fsp3) is 0.933. The zero-order valence-corrected chi connectivity index (χ0v) is 13.6. The lowest BCUT2D eigenvalue weighted by Gasteiger charge is -2.46. The van der Waals surface area contributed by atoms with E-state index in [0.717, 1.165) is 58.6 Å². The molecule has 0 aromatic carbocycles. The molecule has 2 saturated heterocycles. The fourth-order valence-electron chi connectivity index (χ4n) is 3.38. The summed E-state index contributed by atoms with van der Waals surface area (Å²) >= 11 is 5.11. The smallest absolute Gasteiger partial charge is 0.0768 e. The van der Waals surface area contributed by atoms with Gasteiger partial charge in [0.1, 0.15) is 0 Å². The third-order valence-electron chi connectivity index (χ3n) is 4.79. The van der Waals surface area contributed by atoms with Crippen molar-refractivity contribution < 1.29 is 9.47 Å². The number of hydrogen-bond donors (Lipinski definition) is 1. The van der Waals surface area contributed by atoms with Gasteiger partial charge in [0.25, 0.3) is 0 Å². The van der Waals surface area contributed by atoms with Crippen LogP contribution in [0.2, 0.25) is 0 Å². The SMILES string of the molecule is CCN(CC(C)C(N)=S)C1CCOC2(CCOCC2)C1. The first-order valence-corrected chi connectivity index (χ1v) is 8.22. The van der Waals surface area contributed by atoms with E-state index < -0.39 is 0 Å². The largest absolute Gasteiger partial charge is 0.393 e. The number of nitrogens with zero attached hydrogens (tertiary/aromatic N) is 1. The molecule has 2 fully saturated rings. The van der Waals surface area contributed by atoms with Crippen molar-refractivity contribution in [1.82, 2.24) is 4.90 Å². The molecular weight excluding hydrogens is 272 g/mol. The van der Waals surface area contributed by atoms with Crippen molar-refractivity contribution in [3.05, 3.63) is 0 Å². The van der Waals surface area contributed by atoms with Gasteiger partial charge in [-0.3, -0.25) is 4.90 Å². The average Bonchev–Trinajstić information content (AvgIpc) is 2.45. The Morgan fingerprint density at radius 3 is 2.70 bits per heavy atom. The Balaban J connectivity index is 1.96. The summed E-state index contributed by atoms with van der Waals surface area (Å²) in [5, 5.41) is 0. The minimum Gasteiger partial charge on any atom is -0.393 e. The minimum absolute atomic E-state index is 0.0566. The summed E-state index contributed by atoms with van der Waals surface area (Å²) < 4.78 is 11.6. The maximum absolute atomic E-state index is 6.13. The highest BCUT2D eigenvalue weighted by atomic mass is 32.1. The first-order valence-electron chi connectivity index (χ1n) is 7.81. The first-order chi connectivity index (χ1) is 9.56. The molecule has 2 heterocycles. The van der Waals surface area contributed by atoms with Gasteiger partial charge in [0.05, 0.1) is 10.6 Å². The van der Waals surface area contributed by atoms with Gasteiger partial charge in [-0.1, -0.05) is 26.1 Å². The van der Waals surface area contributed by atoms with Gasteiger partial charge in [-0.05, 0) is 32.2 Å². The van der Waals surface area contributed by atoms with E-state index in [1.165, 1.54) is 0 Å². The molecule has 0 saturated carbocycles. The van der Waals surface area contributed by atoms with Crippen molar-refractivity contribution in [1.29, 1.82) is 0 Å². The summed E-state index contributed by atoms with van der Waals surface area (Å²) in [5.41, 5.74) is 5.82. The molecule has 0 amide bonds. The zero-order chi connectivity index (χ0) is 14.6.